The van der Waals surface area contributed by atoms with Crippen LogP contribution in [0.5, 0.6) is 0 Å². The molecule has 1 atom stereocenters. The van der Waals surface area contributed by atoms with Crippen LogP contribution in [0, 0.1) is 17.8 Å². The molecule has 3 amide bonds. The molecular formula is C22H32ClN5O2. The molecule has 2 heterocycles. The molecule has 4 bridgehead atoms. The summed E-state index contributed by atoms with van der Waals surface area (Å²) >= 11 is 0. The van der Waals surface area contributed by atoms with Crippen molar-refractivity contribution in [2.75, 3.05) is 26.2 Å². The number of piperazine rings is 1. The van der Waals surface area contributed by atoms with Crippen molar-refractivity contribution in [2.24, 2.45) is 17.8 Å². The molecule has 7 nitrogen and oxygen atoms in total. The van der Waals surface area contributed by atoms with Crippen molar-refractivity contribution in [1.29, 1.82) is 0 Å². The van der Waals surface area contributed by atoms with Gasteiger partial charge in [0.2, 0.25) is 5.91 Å². The van der Waals surface area contributed by atoms with Gasteiger partial charge in [-0.15, -0.1) is 12.4 Å². The second kappa shape index (κ2) is 8.81. The Hall–Kier alpha value is -1.70. The zero-order chi connectivity index (χ0) is 19.8. The number of halogens is 1. The highest BCUT2D eigenvalue weighted by molar-refractivity contribution is 5.95. The number of hydrogen-bond donors (Lipinski definition) is 3. The number of hydrogen-bond acceptors (Lipinski definition) is 5. The number of nitrogens with zero attached hydrogens (tertiary/aromatic N) is 2. The standard InChI is InChI=1S/C22H31N5O2.ClH/c28-20(14-27-5-4-24-13-19(27)18-2-1-3-23-12-18)25-21(29)26-22-9-15-6-16(10-22)8-17(7-15)11-22;/h1-3,12,15-17,19,24H,4-11,13-14H2,(H2,25,26,28,29);1H. The van der Waals surface area contributed by atoms with E-state index in [0.717, 1.165) is 62.2 Å². The molecular weight excluding hydrogens is 402 g/mol. The molecule has 1 unspecified atom stereocenters. The molecule has 1 aromatic heterocycles. The van der Waals surface area contributed by atoms with E-state index < -0.39 is 0 Å². The Morgan fingerprint density at radius 2 is 1.87 bits per heavy atom. The summed E-state index contributed by atoms with van der Waals surface area (Å²) in [6, 6.07) is 3.73. The maximum absolute atomic E-state index is 12.6. The molecule has 4 saturated carbocycles. The lowest BCUT2D eigenvalue weighted by Gasteiger charge is -2.56. The quantitative estimate of drug-likeness (QED) is 0.678. The summed E-state index contributed by atoms with van der Waals surface area (Å²) < 4.78 is 0. The molecule has 6 rings (SSSR count). The second-order valence-corrected chi connectivity index (χ2v) is 9.68. The highest BCUT2D eigenvalue weighted by atomic mass is 35.5. The molecule has 4 aliphatic carbocycles. The minimum absolute atomic E-state index is 0. The Bertz CT molecular complexity index is 739. The van der Waals surface area contributed by atoms with Gasteiger partial charge in [-0.1, -0.05) is 6.07 Å². The van der Waals surface area contributed by atoms with Crippen LogP contribution in [0.25, 0.3) is 0 Å². The number of imide groups is 1. The lowest BCUT2D eigenvalue weighted by molar-refractivity contribution is -0.122. The van der Waals surface area contributed by atoms with Gasteiger partial charge >= 0.3 is 6.03 Å². The first-order chi connectivity index (χ1) is 14.1. The summed E-state index contributed by atoms with van der Waals surface area (Å²) in [4.78, 5) is 31.6. The maximum Gasteiger partial charge on any atom is 0.321 e. The molecule has 164 valence electrons. The van der Waals surface area contributed by atoms with Gasteiger partial charge in [0.05, 0.1) is 6.54 Å². The number of pyridine rings is 1. The summed E-state index contributed by atoms with van der Waals surface area (Å²) in [6.45, 7) is 2.60. The number of carbonyl (C=O) groups excluding carboxylic acids is 2. The van der Waals surface area contributed by atoms with Crippen molar-refractivity contribution in [1.82, 2.24) is 25.8 Å². The third-order valence-electron chi connectivity index (χ3n) is 7.44. The molecule has 5 aliphatic rings. The van der Waals surface area contributed by atoms with E-state index in [2.05, 4.69) is 25.8 Å². The first-order valence-corrected chi connectivity index (χ1v) is 11.1. The van der Waals surface area contributed by atoms with Gasteiger partial charge in [-0.2, -0.15) is 0 Å². The van der Waals surface area contributed by atoms with E-state index in [1.54, 1.807) is 6.20 Å². The van der Waals surface area contributed by atoms with Gasteiger partial charge < -0.3 is 10.6 Å². The Balaban J connectivity index is 0.00000218. The van der Waals surface area contributed by atoms with Gasteiger partial charge in [0.1, 0.15) is 0 Å². The van der Waals surface area contributed by atoms with Gasteiger partial charge in [0.25, 0.3) is 0 Å². The molecule has 8 heteroatoms. The highest BCUT2D eigenvalue weighted by Crippen LogP contribution is 2.55. The molecule has 30 heavy (non-hydrogen) atoms. The van der Waals surface area contributed by atoms with E-state index in [-0.39, 0.29) is 42.5 Å². The average Bonchev–Trinajstić information content (AvgIpc) is 2.67. The Morgan fingerprint density at radius 3 is 2.50 bits per heavy atom. The zero-order valence-electron chi connectivity index (χ0n) is 17.3. The largest absolute Gasteiger partial charge is 0.332 e. The number of nitrogens with one attached hydrogen (secondary N) is 3. The van der Waals surface area contributed by atoms with Crippen LogP contribution >= 0.6 is 12.4 Å². The third kappa shape index (κ3) is 4.48. The van der Waals surface area contributed by atoms with Crippen LogP contribution < -0.4 is 16.0 Å². The Morgan fingerprint density at radius 1 is 1.17 bits per heavy atom. The predicted octanol–water partition coefficient (Wildman–Crippen LogP) is 2.24. The van der Waals surface area contributed by atoms with E-state index in [4.69, 9.17) is 0 Å². The molecule has 1 saturated heterocycles. The maximum atomic E-state index is 12.6. The van der Waals surface area contributed by atoms with Crippen LogP contribution in [0.4, 0.5) is 4.79 Å². The minimum atomic E-state index is -0.315. The van der Waals surface area contributed by atoms with Crippen LogP contribution in [0.15, 0.2) is 24.5 Å². The fourth-order valence-corrected chi connectivity index (χ4v) is 6.72. The Labute approximate surface area is 184 Å². The van der Waals surface area contributed by atoms with Crippen molar-refractivity contribution in [2.45, 2.75) is 50.1 Å². The van der Waals surface area contributed by atoms with Crippen molar-refractivity contribution >= 4 is 24.3 Å². The van der Waals surface area contributed by atoms with Gasteiger partial charge in [-0.3, -0.25) is 20.0 Å². The first kappa shape index (κ1) is 21.5. The minimum Gasteiger partial charge on any atom is -0.332 e. The molecule has 3 N–H and O–H groups in total. The molecule has 0 spiro atoms. The van der Waals surface area contributed by atoms with Crippen molar-refractivity contribution in [3.63, 3.8) is 0 Å². The lowest BCUT2D eigenvalue weighted by Crippen LogP contribution is -2.62. The third-order valence-corrected chi connectivity index (χ3v) is 7.44. The van der Waals surface area contributed by atoms with Crippen LogP contribution in [0.2, 0.25) is 0 Å². The Kier molecular flexibility index (Phi) is 6.32. The summed E-state index contributed by atoms with van der Waals surface area (Å²) in [7, 11) is 0. The van der Waals surface area contributed by atoms with Crippen molar-refractivity contribution in [3.8, 4) is 0 Å². The van der Waals surface area contributed by atoms with E-state index >= 15 is 0 Å². The van der Waals surface area contributed by atoms with Gasteiger partial charge in [-0.05, 0) is 67.9 Å². The fourth-order valence-electron chi connectivity index (χ4n) is 6.72. The van der Waals surface area contributed by atoms with Crippen LogP contribution in [0.3, 0.4) is 0 Å². The molecule has 1 aromatic rings. The van der Waals surface area contributed by atoms with Gasteiger partial charge in [0.15, 0.2) is 0 Å². The number of amides is 3. The topological polar surface area (TPSA) is 86.4 Å². The zero-order valence-corrected chi connectivity index (χ0v) is 18.1. The summed E-state index contributed by atoms with van der Waals surface area (Å²) in [5.74, 6) is 2.05. The first-order valence-electron chi connectivity index (χ1n) is 11.1. The summed E-state index contributed by atoms with van der Waals surface area (Å²) in [5, 5.41) is 9.21. The van der Waals surface area contributed by atoms with E-state index in [0.29, 0.717) is 0 Å². The van der Waals surface area contributed by atoms with Crippen molar-refractivity contribution < 1.29 is 9.59 Å². The fraction of sp³-hybridized carbons (Fsp3) is 0.682. The van der Waals surface area contributed by atoms with Crippen LogP contribution in [0.1, 0.15) is 50.1 Å². The summed E-state index contributed by atoms with van der Waals surface area (Å²) in [6.07, 6.45) is 10.9. The lowest BCUT2D eigenvalue weighted by atomic mass is 9.53. The normalized spacial score (nSPS) is 34.8. The number of urea groups is 1. The monoisotopic (exact) mass is 433 g/mol. The van der Waals surface area contributed by atoms with Gasteiger partial charge in [0, 0.05) is 43.6 Å². The predicted molar refractivity (Wildman–Crippen MR) is 116 cm³/mol. The van der Waals surface area contributed by atoms with E-state index in [1.165, 1.54) is 19.3 Å². The van der Waals surface area contributed by atoms with Crippen LogP contribution in [-0.2, 0) is 4.79 Å². The molecule has 0 radical (unpaired) electrons. The van der Waals surface area contributed by atoms with Gasteiger partial charge in [-0.25, -0.2) is 4.79 Å². The van der Waals surface area contributed by atoms with Crippen molar-refractivity contribution in [3.05, 3.63) is 30.1 Å². The number of carbonyl (C=O) groups is 2. The molecule has 0 aromatic carbocycles. The number of aromatic nitrogens is 1. The van der Waals surface area contributed by atoms with Crippen LogP contribution in [-0.4, -0.2) is 53.5 Å². The SMILES string of the molecule is Cl.O=C(CN1CCNCC1c1cccnc1)NC(=O)NC12CC3CC(CC(C3)C1)C2. The summed E-state index contributed by atoms with van der Waals surface area (Å²) in [5.41, 5.74) is 1.01. The smallest absolute Gasteiger partial charge is 0.321 e. The average molecular weight is 434 g/mol. The second-order valence-electron chi connectivity index (χ2n) is 9.68. The number of rotatable bonds is 4. The highest BCUT2D eigenvalue weighted by Gasteiger charge is 2.51. The van der Waals surface area contributed by atoms with E-state index in [1.807, 2.05) is 18.3 Å². The molecule has 5 fully saturated rings. The molecule has 1 aliphatic heterocycles. The van der Waals surface area contributed by atoms with E-state index in [9.17, 15) is 9.59 Å².